The molecule has 0 saturated heterocycles. The predicted molar refractivity (Wildman–Crippen MR) is 97.0 cm³/mol. The molecular weight excluding hydrogens is 298 g/mol. The van der Waals surface area contributed by atoms with Crippen molar-refractivity contribution < 1.29 is 4.74 Å². The van der Waals surface area contributed by atoms with E-state index >= 15 is 0 Å². The van der Waals surface area contributed by atoms with E-state index in [1.807, 2.05) is 6.20 Å². The van der Waals surface area contributed by atoms with Gasteiger partial charge in [0, 0.05) is 25.8 Å². The molecule has 3 rings (SSSR count). The van der Waals surface area contributed by atoms with Crippen molar-refractivity contribution >= 4 is 0 Å². The second-order valence-electron chi connectivity index (χ2n) is 7.67. The largest absolute Gasteiger partial charge is 0.490 e. The van der Waals surface area contributed by atoms with Crippen molar-refractivity contribution in [1.29, 1.82) is 0 Å². The van der Waals surface area contributed by atoms with Crippen LogP contribution in [0, 0.1) is 0 Å². The van der Waals surface area contributed by atoms with Crippen LogP contribution in [0.5, 0.6) is 5.75 Å². The minimum absolute atomic E-state index is 0.0161. The number of rotatable bonds is 5. The van der Waals surface area contributed by atoms with Crippen LogP contribution in [0.3, 0.4) is 0 Å². The quantitative estimate of drug-likeness (QED) is 0.918. The Bertz CT molecular complexity index is 668. The van der Waals surface area contributed by atoms with Gasteiger partial charge < -0.3 is 10.5 Å². The average Bonchev–Trinajstić information content (AvgIpc) is 2.94. The standard InChI is InChI=1S/C20H27N3O/c1-20(2,3)17-8-19(10-22-9-17)24-14-18(21)13-23-11-15-6-4-5-7-16(15)12-23/h4-10,18H,11-14,21H2,1-3H3/t18-/m0/s1. The molecule has 1 aromatic carbocycles. The van der Waals surface area contributed by atoms with E-state index in [4.69, 9.17) is 10.5 Å². The third kappa shape index (κ3) is 4.13. The number of aromatic nitrogens is 1. The summed E-state index contributed by atoms with van der Waals surface area (Å²) in [7, 11) is 0. The molecule has 4 heteroatoms. The van der Waals surface area contributed by atoms with E-state index in [9.17, 15) is 0 Å². The number of hydrogen-bond donors (Lipinski definition) is 1. The molecule has 0 amide bonds. The van der Waals surface area contributed by atoms with Crippen molar-refractivity contribution in [3.05, 3.63) is 59.4 Å². The summed E-state index contributed by atoms with van der Waals surface area (Å²) in [5.74, 6) is 0.794. The minimum Gasteiger partial charge on any atom is -0.490 e. The van der Waals surface area contributed by atoms with E-state index < -0.39 is 0 Å². The Hall–Kier alpha value is -1.91. The molecule has 1 aliphatic heterocycles. The van der Waals surface area contributed by atoms with Crippen LogP contribution in [0.25, 0.3) is 0 Å². The molecule has 1 aromatic heterocycles. The van der Waals surface area contributed by atoms with Crippen molar-refractivity contribution in [3.63, 3.8) is 0 Å². The van der Waals surface area contributed by atoms with Gasteiger partial charge in [-0.05, 0) is 28.2 Å². The van der Waals surface area contributed by atoms with Crippen molar-refractivity contribution in [2.45, 2.75) is 45.3 Å². The van der Waals surface area contributed by atoms with Gasteiger partial charge in [0.25, 0.3) is 0 Å². The number of ether oxygens (including phenoxy) is 1. The van der Waals surface area contributed by atoms with E-state index in [0.717, 1.165) is 25.4 Å². The Balaban J connectivity index is 1.51. The lowest BCUT2D eigenvalue weighted by Crippen LogP contribution is -2.39. The lowest BCUT2D eigenvalue weighted by Gasteiger charge is -2.22. The van der Waals surface area contributed by atoms with Gasteiger partial charge in [-0.1, -0.05) is 45.0 Å². The topological polar surface area (TPSA) is 51.4 Å². The first-order valence-corrected chi connectivity index (χ1v) is 8.55. The zero-order chi connectivity index (χ0) is 17.2. The first-order chi connectivity index (χ1) is 11.4. The van der Waals surface area contributed by atoms with Gasteiger partial charge >= 0.3 is 0 Å². The first-order valence-electron chi connectivity index (χ1n) is 8.55. The van der Waals surface area contributed by atoms with Crippen LogP contribution in [0.1, 0.15) is 37.5 Å². The van der Waals surface area contributed by atoms with Gasteiger partial charge in [-0.2, -0.15) is 0 Å². The van der Waals surface area contributed by atoms with Crippen LogP contribution in [0.4, 0.5) is 0 Å². The van der Waals surface area contributed by atoms with Crippen LogP contribution in [0.2, 0.25) is 0 Å². The molecule has 0 spiro atoms. The Morgan fingerprint density at radius 2 is 1.83 bits per heavy atom. The summed E-state index contributed by atoms with van der Waals surface area (Å²) < 4.78 is 5.88. The molecule has 0 unspecified atom stereocenters. The van der Waals surface area contributed by atoms with Crippen molar-refractivity contribution in [1.82, 2.24) is 9.88 Å². The molecule has 1 atom stereocenters. The summed E-state index contributed by atoms with van der Waals surface area (Å²) >= 11 is 0. The zero-order valence-electron chi connectivity index (χ0n) is 14.8. The summed E-state index contributed by atoms with van der Waals surface area (Å²) in [6.07, 6.45) is 3.65. The van der Waals surface area contributed by atoms with Gasteiger partial charge in [-0.15, -0.1) is 0 Å². The number of pyridine rings is 1. The number of hydrogen-bond acceptors (Lipinski definition) is 4. The fourth-order valence-electron chi connectivity index (χ4n) is 3.03. The molecule has 2 aromatic rings. The van der Waals surface area contributed by atoms with Gasteiger partial charge in [0.2, 0.25) is 0 Å². The average molecular weight is 325 g/mol. The smallest absolute Gasteiger partial charge is 0.137 e. The van der Waals surface area contributed by atoms with Crippen LogP contribution < -0.4 is 10.5 Å². The van der Waals surface area contributed by atoms with Gasteiger partial charge in [-0.3, -0.25) is 9.88 Å². The second-order valence-corrected chi connectivity index (χ2v) is 7.67. The van der Waals surface area contributed by atoms with Gasteiger partial charge in [0.15, 0.2) is 0 Å². The molecule has 4 nitrogen and oxygen atoms in total. The molecule has 2 N–H and O–H groups in total. The van der Waals surface area contributed by atoms with Gasteiger partial charge in [-0.25, -0.2) is 0 Å². The van der Waals surface area contributed by atoms with Crippen LogP contribution >= 0.6 is 0 Å². The van der Waals surface area contributed by atoms with Crippen molar-refractivity contribution in [2.24, 2.45) is 5.73 Å². The van der Waals surface area contributed by atoms with Crippen LogP contribution in [-0.2, 0) is 18.5 Å². The summed E-state index contributed by atoms with van der Waals surface area (Å²) in [6.45, 7) is 9.80. The van der Waals surface area contributed by atoms with Gasteiger partial charge in [0.1, 0.15) is 12.4 Å². The van der Waals surface area contributed by atoms with E-state index in [-0.39, 0.29) is 11.5 Å². The summed E-state index contributed by atoms with van der Waals surface area (Å²) in [6, 6.07) is 10.6. The van der Waals surface area contributed by atoms with Crippen molar-refractivity contribution in [2.75, 3.05) is 13.2 Å². The number of benzene rings is 1. The van der Waals surface area contributed by atoms with Crippen molar-refractivity contribution in [3.8, 4) is 5.75 Å². The lowest BCUT2D eigenvalue weighted by molar-refractivity contribution is 0.214. The maximum atomic E-state index is 6.27. The van der Waals surface area contributed by atoms with Crippen LogP contribution in [0.15, 0.2) is 42.7 Å². The normalized spacial score (nSPS) is 16.0. The van der Waals surface area contributed by atoms with Gasteiger partial charge in [0.05, 0.1) is 12.2 Å². The third-order valence-electron chi connectivity index (χ3n) is 4.44. The maximum absolute atomic E-state index is 6.27. The molecule has 2 heterocycles. The molecule has 0 saturated carbocycles. The zero-order valence-corrected chi connectivity index (χ0v) is 14.8. The Labute approximate surface area is 144 Å². The Kier molecular flexibility index (Phi) is 4.88. The number of nitrogens with zero attached hydrogens (tertiary/aromatic N) is 2. The maximum Gasteiger partial charge on any atom is 0.137 e. The number of nitrogens with two attached hydrogens (primary N) is 1. The summed E-state index contributed by atoms with van der Waals surface area (Å²) in [4.78, 5) is 6.66. The third-order valence-corrected chi connectivity index (χ3v) is 4.44. The monoisotopic (exact) mass is 325 g/mol. The van der Waals surface area contributed by atoms with E-state index in [1.54, 1.807) is 6.20 Å². The minimum atomic E-state index is -0.0161. The predicted octanol–water partition coefficient (Wildman–Crippen LogP) is 3.10. The summed E-state index contributed by atoms with van der Waals surface area (Å²) in [5, 5.41) is 0. The molecule has 0 fully saturated rings. The van der Waals surface area contributed by atoms with E-state index in [0.29, 0.717) is 6.61 Å². The molecular formula is C20H27N3O. The first kappa shape index (κ1) is 16.9. The Morgan fingerprint density at radius 1 is 1.17 bits per heavy atom. The molecule has 0 radical (unpaired) electrons. The lowest BCUT2D eigenvalue weighted by atomic mass is 9.88. The van der Waals surface area contributed by atoms with Crippen LogP contribution in [-0.4, -0.2) is 29.1 Å². The summed E-state index contributed by atoms with van der Waals surface area (Å²) in [5.41, 5.74) is 10.3. The second kappa shape index (κ2) is 6.91. The molecule has 1 aliphatic rings. The SMILES string of the molecule is CC(C)(C)c1cncc(OC[C@@H](N)CN2Cc3ccccc3C2)c1. The number of fused-ring (bicyclic) bond motifs is 1. The molecule has 0 bridgehead atoms. The molecule has 128 valence electrons. The highest BCUT2D eigenvalue weighted by atomic mass is 16.5. The fraction of sp³-hybridized carbons (Fsp3) is 0.450. The fourth-order valence-corrected chi connectivity index (χ4v) is 3.03. The van der Waals surface area contributed by atoms with E-state index in [1.165, 1.54) is 16.7 Å². The highest BCUT2D eigenvalue weighted by molar-refractivity contribution is 5.30. The molecule has 0 aliphatic carbocycles. The molecule has 24 heavy (non-hydrogen) atoms. The Morgan fingerprint density at radius 3 is 2.46 bits per heavy atom. The highest BCUT2D eigenvalue weighted by Crippen LogP contribution is 2.25. The highest BCUT2D eigenvalue weighted by Gasteiger charge is 2.20. The van der Waals surface area contributed by atoms with E-state index in [2.05, 4.69) is 61.0 Å².